The van der Waals surface area contributed by atoms with Gasteiger partial charge in [0.25, 0.3) is 0 Å². The molecule has 1 aromatic rings. The van der Waals surface area contributed by atoms with Crippen LogP contribution in [0.25, 0.3) is 0 Å². The lowest BCUT2D eigenvalue weighted by Crippen LogP contribution is -2.43. The van der Waals surface area contributed by atoms with Crippen LogP contribution < -0.4 is 5.32 Å². The quantitative estimate of drug-likeness (QED) is 0.354. The van der Waals surface area contributed by atoms with Gasteiger partial charge in [0.1, 0.15) is 12.2 Å². The van der Waals surface area contributed by atoms with Gasteiger partial charge < -0.3 is 15.0 Å². The molecule has 1 aliphatic carbocycles. The molecule has 0 saturated heterocycles. The van der Waals surface area contributed by atoms with E-state index in [-0.39, 0.29) is 29.6 Å². The van der Waals surface area contributed by atoms with Crippen molar-refractivity contribution in [3.63, 3.8) is 0 Å². The Kier molecular flexibility index (Phi) is 10.4. The summed E-state index contributed by atoms with van der Waals surface area (Å²) >= 11 is 0. The second kappa shape index (κ2) is 11.7. The molecule has 26 heavy (non-hydrogen) atoms. The van der Waals surface area contributed by atoms with Gasteiger partial charge in [-0.25, -0.2) is 4.98 Å². The van der Waals surface area contributed by atoms with E-state index in [9.17, 15) is 0 Å². The van der Waals surface area contributed by atoms with Crippen LogP contribution in [0.5, 0.6) is 0 Å². The normalized spacial score (nSPS) is 16.8. The Morgan fingerprint density at radius 2 is 2.08 bits per heavy atom. The Labute approximate surface area is 175 Å². The average Bonchev–Trinajstić information content (AvgIpc) is 3.02. The first-order chi connectivity index (χ1) is 12.1. The van der Waals surface area contributed by atoms with E-state index in [2.05, 4.69) is 34.1 Å². The summed E-state index contributed by atoms with van der Waals surface area (Å²) in [6, 6.07) is 0. The van der Waals surface area contributed by atoms with Gasteiger partial charge in [0.15, 0.2) is 5.96 Å². The van der Waals surface area contributed by atoms with Gasteiger partial charge in [-0.3, -0.25) is 9.67 Å². The molecule has 150 valence electrons. The lowest BCUT2D eigenvalue weighted by Gasteiger charge is -2.36. The van der Waals surface area contributed by atoms with Gasteiger partial charge in [-0.1, -0.05) is 26.2 Å². The number of rotatable bonds is 8. The molecular formula is C18H35IN6O. The highest BCUT2D eigenvalue weighted by atomic mass is 127. The van der Waals surface area contributed by atoms with Crippen LogP contribution in [-0.2, 0) is 18.3 Å². The van der Waals surface area contributed by atoms with E-state index in [4.69, 9.17) is 9.73 Å². The Hall–Kier alpha value is -0.900. The molecule has 1 saturated carbocycles. The van der Waals surface area contributed by atoms with Crippen molar-refractivity contribution in [3.8, 4) is 0 Å². The van der Waals surface area contributed by atoms with Crippen LogP contribution in [0.3, 0.4) is 0 Å². The van der Waals surface area contributed by atoms with Crippen molar-refractivity contribution in [2.45, 2.75) is 64.5 Å². The molecule has 1 N–H and O–H groups in total. The first kappa shape index (κ1) is 23.1. The smallest absolute Gasteiger partial charge is 0.194 e. The standard InChI is InChI=1S/C18H34N6O.HI/c1-5-12-25-18(10-8-7-9-11-18)14-20-17(19-6-2)23(3)13-16-21-15-22-24(16)4;/h15H,5-14H2,1-4H3,(H,19,20);1H. The number of hydrogen-bond donors (Lipinski definition) is 1. The molecule has 0 spiro atoms. The van der Waals surface area contributed by atoms with Crippen molar-refractivity contribution >= 4 is 29.9 Å². The van der Waals surface area contributed by atoms with Crippen LogP contribution in [0, 0.1) is 0 Å². The Balaban J connectivity index is 0.00000338. The van der Waals surface area contributed by atoms with Gasteiger partial charge in [0, 0.05) is 27.2 Å². The maximum absolute atomic E-state index is 6.27. The molecular weight excluding hydrogens is 443 g/mol. The summed E-state index contributed by atoms with van der Waals surface area (Å²) in [5.74, 6) is 1.82. The molecule has 0 radical (unpaired) electrons. The summed E-state index contributed by atoms with van der Waals surface area (Å²) < 4.78 is 8.07. The maximum atomic E-state index is 6.27. The van der Waals surface area contributed by atoms with Gasteiger partial charge in [0.05, 0.1) is 18.7 Å². The number of nitrogens with one attached hydrogen (secondary N) is 1. The lowest BCUT2D eigenvalue weighted by atomic mass is 9.84. The number of aliphatic imine (C=N–C) groups is 1. The predicted molar refractivity (Wildman–Crippen MR) is 116 cm³/mol. The molecule has 1 heterocycles. The van der Waals surface area contributed by atoms with Crippen LogP contribution in [0.15, 0.2) is 11.3 Å². The minimum Gasteiger partial charge on any atom is -0.373 e. The zero-order valence-electron chi connectivity index (χ0n) is 16.7. The molecule has 8 heteroatoms. The van der Waals surface area contributed by atoms with Crippen LogP contribution in [0.1, 0.15) is 58.2 Å². The van der Waals surface area contributed by atoms with Crippen molar-refractivity contribution in [2.75, 3.05) is 26.7 Å². The Bertz CT molecular complexity index is 542. The molecule has 7 nitrogen and oxygen atoms in total. The van der Waals surface area contributed by atoms with Crippen LogP contribution in [-0.4, -0.2) is 58.0 Å². The summed E-state index contributed by atoms with van der Waals surface area (Å²) in [5, 5.41) is 7.53. The molecule has 0 aliphatic heterocycles. The van der Waals surface area contributed by atoms with Gasteiger partial charge in [-0.05, 0) is 26.2 Å². The molecule has 1 aromatic heterocycles. The SMILES string of the molecule is CCCOC1(CN=C(NCC)N(C)Cc2ncnn2C)CCCCC1.I. The van der Waals surface area contributed by atoms with Gasteiger partial charge in [0.2, 0.25) is 0 Å². The van der Waals surface area contributed by atoms with Crippen LogP contribution in [0.2, 0.25) is 0 Å². The van der Waals surface area contributed by atoms with E-state index in [1.165, 1.54) is 19.3 Å². The molecule has 1 aliphatic rings. The molecule has 0 atom stereocenters. The predicted octanol–water partition coefficient (Wildman–Crippen LogP) is 2.96. The van der Waals surface area contributed by atoms with Crippen molar-refractivity contribution in [1.82, 2.24) is 25.0 Å². The van der Waals surface area contributed by atoms with Gasteiger partial charge in [-0.2, -0.15) is 5.10 Å². The van der Waals surface area contributed by atoms with E-state index < -0.39 is 0 Å². The summed E-state index contributed by atoms with van der Waals surface area (Å²) in [6.45, 7) is 7.31. The van der Waals surface area contributed by atoms with Crippen molar-refractivity contribution in [1.29, 1.82) is 0 Å². The molecule has 0 bridgehead atoms. The zero-order valence-corrected chi connectivity index (χ0v) is 19.0. The third kappa shape index (κ3) is 6.68. The van der Waals surface area contributed by atoms with Crippen molar-refractivity contribution in [3.05, 3.63) is 12.2 Å². The van der Waals surface area contributed by atoms with Crippen molar-refractivity contribution in [2.24, 2.45) is 12.0 Å². The number of ether oxygens (including phenoxy) is 1. The zero-order chi connectivity index (χ0) is 18.1. The second-order valence-corrected chi connectivity index (χ2v) is 6.92. The highest BCUT2D eigenvalue weighted by molar-refractivity contribution is 14.0. The number of halogens is 1. The monoisotopic (exact) mass is 478 g/mol. The highest BCUT2D eigenvalue weighted by Crippen LogP contribution is 2.32. The fourth-order valence-electron chi connectivity index (χ4n) is 3.30. The number of aryl methyl sites for hydroxylation is 1. The van der Waals surface area contributed by atoms with E-state index >= 15 is 0 Å². The number of hydrogen-bond acceptors (Lipinski definition) is 4. The first-order valence-electron chi connectivity index (χ1n) is 9.56. The Morgan fingerprint density at radius 3 is 2.65 bits per heavy atom. The molecule has 0 unspecified atom stereocenters. The van der Waals surface area contributed by atoms with E-state index in [1.807, 2.05) is 14.1 Å². The fraction of sp³-hybridized carbons (Fsp3) is 0.833. The summed E-state index contributed by atoms with van der Waals surface area (Å²) in [7, 11) is 3.95. The molecule has 0 aromatic carbocycles. The Morgan fingerprint density at radius 1 is 1.35 bits per heavy atom. The second-order valence-electron chi connectivity index (χ2n) is 6.92. The number of nitrogens with zero attached hydrogens (tertiary/aromatic N) is 5. The first-order valence-corrected chi connectivity index (χ1v) is 9.56. The topological polar surface area (TPSA) is 67.6 Å². The van der Waals surface area contributed by atoms with E-state index in [0.717, 1.165) is 50.7 Å². The maximum Gasteiger partial charge on any atom is 0.194 e. The minimum absolute atomic E-state index is 0. The molecule has 0 amide bonds. The van der Waals surface area contributed by atoms with Crippen LogP contribution in [0.4, 0.5) is 0 Å². The molecule has 1 fully saturated rings. The average molecular weight is 478 g/mol. The fourth-order valence-corrected chi connectivity index (χ4v) is 3.30. The third-order valence-electron chi connectivity index (χ3n) is 4.77. The van der Waals surface area contributed by atoms with Crippen molar-refractivity contribution < 1.29 is 4.74 Å². The summed E-state index contributed by atoms with van der Waals surface area (Å²) in [6.07, 6.45) is 8.66. The van der Waals surface area contributed by atoms with Gasteiger partial charge in [-0.15, -0.1) is 24.0 Å². The third-order valence-corrected chi connectivity index (χ3v) is 4.77. The minimum atomic E-state index is -0.0828. The number of guanidine groups is 1. The lowest BCUT2D eigenvalue weighted by molar-refractivity contribution is -0.0625. The number of aromatic nitrogens is 3. The highest BCUT2D eigenvalue weighted by Gasteiger charge is 2.33. The summed E-state index contributed by atoms with van der Waals surface area (Å²) in [4.78, 5) is 11.3. The largest absolute Gasteiger partial charge is 0.373 e. The molecule has 2 rings (SSSR count). The van der Waals surface area contributed by atoms with Gasteiger partial charge >= 0.3 is 0 Å². The van der Waals surface area contributed by atoms with Crippen LogP contribution >= 0.6 is 24.0 Å². The van der Waals surface area contributed by atoms with E-state index in [0.29, 0.717) is 6.54 Å². The van der Waals surface area contributed by atoms with E-state index in [1.54, 1.807) is 11.0 Å². The summed E-state index contributed by atoms with van der Waals surface area (Å²) in [5.41, 5.74) is -0.0828.